The van der Waals surface area contributed by atoms with Gasteiger partial charge in [0.05, 0.1) is 11.0 Å². The smallest absolute Gasteiger partial charge is 0.248 e. The number of hydrogen-bond acceptors (Lipinski definition) is 5. The van der Waals surface area contributed by atoms with E-state index in [4.69, 9.17) is 4.52 Å². The van der Waals surface area contributed by atoms with Crippen LogP contribution >= 0.6 is 0 Å². The van der Waals surface area contributed by atoms with E-state index in [1.807, 2.05) is 45.0 Å². The second-order valence-electron chi connectivity index (χ2n) is 6.14. The van der Waals surface area contributed by atoms with E-state index in [1.165, 1.54) is 0 Å². The van der Waals surface area contributed by atoms with Gasteiger partial charge in [0.25, 0.3) is 0 Å². The summed E-state index contributed by atoms with van der Waals surface area (Å²) in [4.78, 5) is 24.1. The Bertz CT molecular complexity index is 803. The van der Waals surface area contributed by atoms with Crippen molar-refractivity contribution in [3.63, 3.8) is 0 Å². The number of carbonyl (C=O) groups excluding carboxylic acids is 1. The van der Waals surface area contributed by atoms with Gasteiger partial charge in [-0.25, -0.2) is 4.98 Å². The van der Waals surface area contributed by atoms with Crippen LogP contribution in [-0.4, -0.2) is 26.0 Å². The molecular formula is C17H21N5O2. The van der Waals surface area contributed by atoms with Crippen molar-refractivity contribution in [3.8, 4) is 0 Å². The predicted molar refractivity (Wildman–Crippen MR) is 89.4 cm³/mol. The number of H-pyrrole nitrogens is 1. The minimum absolute atomic E-state index is 0.0766. The minimum Gasteiger partial charge on any atom is -0.345 e. The molecule has 1 aromatic carbocycles. The van der Waals surface area contributed by atoms with Crippen LogP contribution in [0.1, 0.15) is 56.7 Å². The van der Waals surface area contributed by atoms with E-state index >= 15 is 0 Å². The van der Waals surface area contributed by atoms with E-state index in [2.05, 4.69) is 25.4 Å². The zero-order valence-corrected chi connectivity index (χ0v) is 14.0. The molecule has 7 nitrogen and oxygen atoms in total. The molecule has 0 unspecified atom stereocenters. The van der Waals surface area contributed by atoms with Gasteiger partial charge in [-0.1, -0.05) is 31.1 Å². The zero-order chi connectivity index (χ0) is 17.1. The number of aryl methyl sites for hydroxylation is 1. The van der Waals surface area contributed by atoms with Crippen molar-refractivity contribution in [1.29, 1.82) is 0 Å². The van der Waals surface area contributed by atoms with Gasteiger partial charge in [-0.05, 0) is 19.1 Å². The molecular weight excluding hydrogens is 306 g/mol. The number of nitrogens with one attached hydrogen (secondary N) is 2. The lowest BCUT2D eigenvalue weighted by Crippen LogP contribution is -2.27. The maximum Gasteiger partial charge on any atom is 0.248 e. The topological polar surface area (TPSA) is 96.7 Å². The molecule has 2 N–H and O–H groups in total. The van der Waals surface area contributed by atoms with Gasteiger partial charge in [0.2, 0.25) is 11.8 Å². The van der Waals surface area contributed by atoms with E-state index in [-0.39, 0.29) is 17.9 Å². The summed E-state index contributed by atoms with van der Waals surface area (Å²) in [5.74, 6) is 1.99. The third-order valence-electron chi connectivity index (χ3n) is 3.75. The fraction of sp³-hybridized carbons (Fsp3) is 0.412. The number of rotatable bonds is 6. The van der Waals surface area contributed by atoms with E-state index in [1.54, 1.807) is 0 Å². The predicted octanol–water partition coefficient (Wildman–Crippen LogP) is 2.88. The Morgan fingerprint density at radius 3 is 2.75 bits per heavy atom. The summed E-state index contributed by atoms with van der Waals surface area (Å²) in [7, 11) is 0. The first-order valence-electron chi connectivity index (χ1n) is 8.09. The fourth-order valence-corrected chi connectivity index (χ4v) is 2.39. The summed E-state index contributed by atoms with van der Waals surface area (Å²) in [6.07, 6.45) is 0.893. The Labute approximate surface area is 139 Å². The number of fused-ring (bicyclic) bond motifs is 1. The number of aromatic amines is 1. The highest BCUT2D eigenvalue weighted by Crippen LogP contribution is 2.15. The first-order chi connectivity index (χ1) is 11.5. The Kier molecular flexibility index (Phi) is 4.59. The standard InChI is InChI=1S/C17H21N5O2/c1-10(2)16-21-17(24-22-16)11(3)18-15(23)9-8-14-19-12-6-4-5-7-13(12)20-14/h4-7,10-11H,8-9H2,1-3H3,(H,18,23)(H,19,20)/t11-/m0/s1. The number of para-hydroxylation sites is 2. The molecule has 3 rings (SSSR count). The molecule has 7 heteroatoms. The van der Waals surface area contributed by atoms with Crippen LogP contribution in [0.25, 0.3) is 11.0 Å². The first kappa shape index (κ1) is 16.2. The van der Waals surface area contributed by atoms with Gasteiger partial charge in [0.15, 0.2) is 5.82 Å². The van der Waals surface area contributed by atoms with Gasteiger partial charge in [0, 0.05) is 18.8 Å². The molecule has 0 aliphatic carbocycles. The van der Waals surface area contributed by atoms with Gasteiger partial charge in [-0.2, -0.15) is 4.98 Å². The number of imidazole rings is 1. The summed E-state index contributed by atoms with van der Waals surface area (Å²) >= 11 is 0. The van der Waals surface area contributed by atoms with Crippen molar-refractivity contribution in [2.75, 3.05) is 0 Å². The molecule has 3 aromatic rings. The van der Waals surface area contributed by atoms with Crippen LogP contribution in [0.15, 0.2) is 28.8 Å². The second-order valence-corrected chi connectivity index (χ2v) is 6.14. The second kappa shape index (κ2) is 6.82. The van der Waals surface area contributed by atoms with Crippen LogP contribution in [0.2, 0.25) is 0 Å². The lowest BCUT2D eigenvalue weighted by Gasteiger charge is -2.09. The highest BCUT2D eigenvalue weighted by Gasteiger charge is 2.18. The molecule has 126 valence electrons. The van der Waals surface area contributed by atoms with Gasteiger partial charge in [-0.3, -0.25) is 4.79 Å². The number of amides is 1. The molecule has 1 atom stereocenters. The molecule has 2 aromatic heterocycles. The van der Waals surface area contributed by atoms with Crippen LogP contribution in [0.3, 0.4) is 0 Å². The summed E-state index contributed by atoms with van der Waals surface area (Å²) in [6, 6.07) is 7.49. The summed E-state index contributed by atoms with van der Waals surface area (Å²) in [5, 5.41) is 6.79. The van der Waals surface area contributed by atoms with E-state index < -0.39 is 0 Å². The minimum atomic E-state index is -0.312. The summed E-state index contributed by atoms with van der Waals surface area (Å²) in [6.45, 7) is 5.81. The van der Waals surface area contributed by atoms with Crippen LogP contribution in [0.5, 0.6) is 0 Å². The van der Waals surface area contributed by atoms with Gasteiger partial charge in [-0.15, -0.1) is 0 Å². The quantitative estimate of drug-likeness (QED) is 0.725. The molecule has 0 fully saturated rings. The average Bonchev–Trinajstić information content (AvgIpc) is 3.19. The van der Waals surface area contributed by atoms with Crippen molar-refractivity contribution < 1.29 is 9.32 Å². The highest BCUT2D eigenvalue weighted by molar-refractivity contribution is 5.77. The largest absolute Gasteiger partial charge is 0.345 e. The number of benzene rings is 1. The van der Waals surface area contributed by atoms with Crippen molar-refractivity contribution in [2.45, 2.75) is 45.6 Å². The summed E-state index contributed by atoms with van der Waals surface area (Å²) < 4.78 is 5.20. The molecule has 24 heavy (non-hydrogen) atoms. The molecule has 0 bridgehead atoms. The molecule has 0 saturated heterocycles. The molecule has 0 aliphatic rings. The van der Waals surface area contributed by atoms with E-state index in [0.717, 1.165) is 16.9 Å². The van der Waals surface area contributed by atoms with Crippen molar-refractivity contribution in [3.05, 3.63) is 41.8 Å². The Balaban J connectivity index is 1.54. The zero-order valence-electron chi connectivity index (χ0n) is 14.0. The third-order valence-corrected chi connectivity index (χ3v) is 3.75. The third kappa shape index (κ3) is 3.61. The first-order valence-corrected chi connectivity index (χ1v) is 8.09. The lowest BCUT2D eigenvalue weighted by atomic mass is 10.2. The molecule has 2 heterocycles. The maximum atomic E-state index is 12.1. The Morgan fingerprint density at radius 2 is 2.04 bits per heavy atom. The number of hydrogen-bond donors (Lipinski definition) is 2. The van der Waals surface area contributed by atoms with E-state index in [0.29, 0.717) is 24.6 Å². The van der Waals surface area contributed by atoms with Crippen molar-refractivity contribution in [2.24, 2.45) is 0 Å². The van der Waals surface area contributed by atoms with Crippen LogP contribution in [0, 0.1) is 0 Å². The maximum absolute atomic E-state index is 12.1. The van der Waals surface area contributed by atoms with Gasteiger partial charge >= 0.3 is 0 Å². The molecule has 0 saturated carbocycles. The van der Waals surface area contributed by atoms with Crippen LogP contribution in [-0.2, 0) is 11.2 Å². The number of carbonyl (C=O) groups is 1. The SMILES string of the molecule is CC(C)c1noc([C@H](C)NC(=O)CCc2nc3ccccc3[nH]2)n1. The lowest BCUT2D eigenvalue weighted by molar-refractivity contribution is -0.121. The fourth-order valence-electron chi connectivity index (χ4n) is 2.39. The Morgan fingerprint density at radius 1 is 1.25 bits per heavy atom. The summed E-state index contributed by atoms with van der Waals surface area (Å²) in [5.41, 5.74) is 1.89. The molecule has 0 aliphatic heterocycles. The monoisotopic (exact) mass is 327 g/mol. The molecule has 0 spiro atoms. The Hall–Kier alpha value is -2.70. The normalized spacial score (nSPS) is 12.7. The van der Waals surface area contributed by atoms with Crippen LogP contribution < -0.4 is 5.32 Å². The van der Waals surface area contributed by atoms with Crippen LogP contribution in [0.4, 0.5) is 0 Å². The average molecular weight is 327 g/mol. The molecule has 1 amide bonds. The van der Waals surface area contributed by atoms with Crippen molar-refractivity contribution in [1.82, 2.24) is 25.4 Å². The van der Waals surface area contributed by atoms with Crippen molar-refractivity contribution >= 4 is 16.9 Å². The highest BCUT2D eigenvalue weighted by atomic mass is 16.5. The number of nitrogens with zero attached hydrogens (tertiary/aromatic N) is 3. The number of aromatic nitrogens is 4. The molecule has 0 radical (unpaired) electrons. The van der Waals surface area contributed by atoms with Gasteiger partial charge < -0.3 is 14.8 Å². The van der Waals surface area contributed by atoms with Gasteiger partial charge in [0.1, 0.15) is 11.9 Å². The van der Waals surface area contributed by atoms with E-state index in [9.17, 15) is 4.79 Å².